The lowest BCUT2D eigenvalue weighted by atomic mass is 10.0. The van der Waals surface area contributed by atoms with E-state index >= 15 is 0 Å². The van der Waals surface area contributed by atoms with Gasteiger partial charge in [-0.25, -0.2) is 17.5 Å². The molecular weight excluding hydrogens is 295 g/mol. The van der Waals surface area contributed by atoms with E-state index in [0.717, 1.165) is 18.9 Å². The minimum atomic E-state index is -3.82. The predicted molar refractivity (Wildman–Crippen MR) is 80.8 cm³/mol. The van der Waals surface area contributed by atoms with Crippen LogP contribution in [0, 0.1) is 18.7 Å². The Balaban J connectivity index is 2.91. The van der Waals surface area contributed by atoms with Gasteiger partial charge in [-0.15, -0.1) is 0 Å². The maximum absolute atomic E-state index is 13.6. The number of nitrogen functional groups attached to an aromatic ring is 1. The van der Waals surface area contributed by atoms with Crippen LogP contribution in [0.4, 0.5) is 10.1 Å². The quantitative estimate of drug-likeness (QED) is 0.637. The van der Waals surface area contributed by atoms with E-state index in [1.165, 1.54) is 13.0 Å². The van der Waals surface area contributed by atoms with Crippen molar-refractivity contribution in [2.75, 3.05) is 18.9 Å². The fourth-order valence-corrected chi connectivity index (χ4v) is 3.60. The molecule has 21 heavy (non-hydrogen) atoms. The zero-order valence-electron chi connectivity index (χ0n) is 12.4. The minimum Gasteiger partial charge on any atom is -0.399 e. The summed E-state index contributed by atoms with van der Waals surface area (Å²) in [4.78, 5) is -0.140. The van der Waals surface area contributed by atoms with Crippen LogP contribution in [0.3, 0.4) is 0 Å². The average molecular weight is 318 g/mol. The Kier molecular flexibility index (Phi) is 6.57. The maximum Gasteiger partial charge on any atom is 0.241 e. The molecule has 1 rings (SSSR count). The summed E-state index contributed by atoms with van der Waals surface area (Å²) in [5, 5.41) is 8.98. The number of aliphatic hydroxyl groups excluding tert-OH is 1. The minimum absolute atomic E-state index is 0.0122. The van der Waals surface area contributed by atoms with E-state index in [-0.39, 0.29) is 35.2 Å². The molecule has 0 aliphatic rings. The van der Waals surface area contributed by atoms with E-state index in [4.69, 9.17) is 10.8 Å². The van der Waals surface area contributed by atoms with Gasteiger partial charge in [0.2, 0.25) is 10.0 Å². The molecule has 0 saturated heterocycles. The zero-order chi connectivity index (χ0) is 16.0. The molecule has 0 bridgehead atoms. The van der Waals surface area contributed by atoms with Gasteiger partial charge in [0.05, 0.1) is 4.90 Å². The summed E-state index contributed by atoms with van der Waals surface area (Å²) in [6.07, 6.45) is 2.24. The van der Waals surface area contributed by atoms with Crippen LogP contribution >= 0.6 is 0 Å². The van der Waals surface area contributed by atoms with Crippen LogP contribution in [0.2, 0.25) is 0 Å². The molecule has 0 aliphatic carbocycles. The third-order valence-electron chi connectivity index (χ3n) is 3.40. The van der Waals surface area contributed by atoms with Crippen LogP contribution in [0.5, 0.6) is 0 Å². The molecule has 4 N–H and O–H groups in total. The van der Waals surface area contributed by atoms with Gasteiger partial charge >= 0.3 is 0 Å². The molecule has 1 aromatic rings. The molecule has 1 aromatic carbocycles. The van der Waals surface area contributed by atoms with Crippen molar-refractivity contribution < 1.29 is 17.9 Å². The van der Waals surface area contributed by atoms with E-state index in [9.17, 15) is 12.8 Å². The zero-order valence-corrected chi connectivity index (χ0v) is 13.2. The SMILES string of the molecule is CCCC(CCO)CNS(=O)(=O)c1cc(N)cc(F)c1C. The lowest BCUT2D eigenvalue weighted by Gasteiger charge is -2.17. The van der Waals surface area contributed by atoms with Crippen molar-refractivity contribution in [1.82, 2.24) is 4.72 Å². The van der Waals surface area contributed by atoms with Gasteiger partial charge in [-0.1, -0.05) is 13.3 Å². The molecule has 0 saturated carbocycles. The Hall–Kier alpha value is -1.18. The van der Waals surface area contributed by atoms with E-state index < -0.39 is 15.8 Å². The first kappa shape index (κ1) is 17.9. The highest BCUT2D eigenvalue weighted by molar-refractivity contribution is 7.89. The highest BCUT2D eigenvalue weighted by atomic mass is 32.2. The summed E-state index contributed by atoms with van der Waals surface area (Å²) in [5.41, 5.74) is 5.63. The largest absolute Gasteiger partial charge is 0.399 e. The number of rotatable bonds is 8. The van der Waals surface area contributed by atoms with Crippen molar-refractivity contribution in [2.45, 2.75) is 38.0 Å². The molecular formula is C14H23FN2O3S. The van der Waals surface area contributed by atoms with E-state index in [1.807, 2.05) is 6.92 Å². The first-order valence-electron chi connectivity index (χ1n) is 6.98. The number of halogens is 1. The Morgan fingerprint density at radius 2 is 2.05 bits per heavy atom. The maximum atomic E-state index is 13.6. The van der Waals surface area contributed by atoms with Gasteiger partial charge in [-0.3, -0.25) is 0 Å². The summed E-state index contributed by atoms with van der Waals surface area (Å²) in [5.74, 6) is -0.586. The monoisotopic (exact) mass is 318 g/mol. The average Bonchev–Trinajstić information content (AvgIpc) is 2.40. The highest BCUT2D eigenvalue weighted by Crippen LogP contribution is 2.22. The van der Waals surface area contributed by atoms with Crippen molar-refractivity contribution in [3.63, 3.8) is 0 Å². The van der Waals surface area contributed by atoms with E-state index in [0.29, 0.717) is 6.42 Å². The summed E-state index contributed by atoms with van der Waals surface area (Å²) >= 11 is 0. The molecule has 0 heterocycles. The summed E-state index contributed by atoms with van der Waals surface area (Å²) < 4.78 is 40.6. The van der Waals surface area contributed by atoms with Crippen molar-refractivity contribution in [3.8, 4) is 0 Å². The Morgan fingerprint density at radius 3 is 2.62 bits per heavy atom. The highest BCUT2D eigenvalue weighted by Gasteiger charge is 2.21. The number of sulfonamides is 1. The predicted octanol–water partition coefficient (Wildman–Crippen LogP) is 1.79. The van der Waals surface area contributed by atoms with Gasteiger partial charge in [-0.05, 0) is 37.8 Å². The molecule has 0 aromatic heterocycles. The van der Waals surface area contributed by atoms with Crippen molar-refractivity contribution in [2.24, 2.45) is 5.92 Å². The fourth-order valence-electron chi connectivity index (χ4n) is 2.20. The van der Waals surface area contributed by atoms with Crippen LogP contribution in [0.1, 0.15) is 31.7 Å². The molecule has 0 radical (unpaired) electrons. The van der Waals surface area contributed by atoms with Crippen LogP contribution in [-0.2, 0) is 10.0 Å². The molecule has 120 valence electrons. The fraction of sp³-hybridized carbons (Fsp3) is 0.571. The van der Waals surface area contributed by atoms with Crippen LogP contribution in [0.15, 0.2) is 17.0 Å². The molecule has 0 amide bonds. The number of benzene rings is 1. The number of hydrogen-bond acceptors (Lipinski definition) is 4. The first-order chi connectivity index (χ1) is 9.81. The second-order valence-electron chi connectivity index (χ2n) is 5.14. The molecule has 0 fully saturated rings. The van der Waals surface area contributed by atoms with Gasteiger partial charge in [0, 0.05) is 24.4 Å². The van der Waals surface area contributed by atoms with Gasteiger partial charge in [-0.2, -0.15) is 0 Å². The van der Waals surface area contributed by atoms with Crippen molar-refractivity contribution in [1.29, 1.82) is 0 Å². The number of aliphatic hydroxyl groups is 1. The number of nitrogens with two attached hydrogens (primary N) is 1. The molecule has 1 atom stereocenters. The summed E-state index contributed by atoms with van der Waals surface area (Å²) in [6.45, 7) is 3.63. The van der Waals surface area contributed by atoms with Gasteiger partial charge < -0.3 is 10.8 Å². The third kappa shape index (κ3) is 4.94. The van der Waals surface area contributed by atoms with Crippen LogP contribution in [-0.4, -0.2) is 26.7 Å². The Bertz CT molecular complexity index is 570. The van der Waals surface area contributed by atoms with Gasteiger partial charge in [0.25, 0.3) is 0 Å². The van der Waals surface area contributed by atoms with E-state index in [2.05, 4.69) is 4.72 Å². The van der Waals surface area contributed by atoms with Crippen molar-refractivity contribution >= 4 is 15.7 Å². The standard InChI is InChI=1S/C14H23FN2O3S/c1-3-4-11(5-6-18)9-17-21(19,20)14-8-12(16)7-13(15)10(14)2/h7-8,11,17-18H,3-6,9,16H2,1-2H3. The Labute approximate surface area is 125 Å². The normalized spacial score (nSPS) is 13.3. The summed E-state index contributed by atoms with van der Waals surface area (Å²) in [7, 11) is -3.82. The number of nitrogens with one attached hydrogen (secondary N) is 1. The number of anilines is 1. The first-order valence-corrected chi connectivity index (χ1v) is 8.46. The Morgan fingerprint density at radius 1 is 1.38 bits per heavy atom. The second kappa shape index (κ2) is 7.72. The smallest absolute Gasteiger partial charge is 0.241 e. The van der Waals surface area contributed by atoms with Crippen LogP contribution < -0.4 is 10.5 Å². The molecule has 0 spiro atoms. The topological polar surface area (TPSA) is 92.4 Å². The van der Waals surface area contributed by atoms with Crippen molar-refractivity contribution in [3.05, 3.63) is 23.5 Å². The van der Waals surface area contributed by atoms with Gasteiger partial charge in [0.1, 0.15) is 5.82 Å². The molecule has 5 nitrogen and oxygen atoms in total. The second-order valence-corrected chi connectivity index (χ2v) is 6.88. The summed E-state index contributed by atoms with van der Waals surface area (Å²) in [6, 6.07) is 2.35. The lowest BCUT2D eigenvalue weighted by molar-refractivity contribution is 0.251. The molecule has 7 heteroatoms. The lowest BCUT2D eigenvalue weighted by Crippen LogP contribution is -2.30. The number of hydrogen-bond donors (Lipinski definition) is 3. The van der Waals surface area contributed by atoms with Crippen LogP contribution in [0.25, 0.3) is 0 Å². The molecule has 0 aliphatic heterocycles. The van der Waals surface area contributed by atoms with E-state index in [1.54, 1.807) is 0 Å². The third-order valence-corrected chi connectivity index (χ3v) is 4.95. The van der Waals surface area contributed by atoms with Gasteiger partial charge in [0.15, 0.2) is 0 Å². The molecule has 1 unspecified atom stereocenters.